The minimum absolute atomic E-state index is 0.124. The molecule has 0 radical (unpaired) electrons. The van der Waals surface area contributed by atoms with E-state index in [9.17, 15) is 0 Å². The van der Waals surface area contributed by atoms with E-state index in [0.717, 1.165) is 17.0 Å². The lowest BCUT2D eigenvalue weighted by Gasteiger charge is -2.13. The Labute approximate surface area is 100 Å². The van der Waals surface area contributed by atoms with Gasteiger partial charge in [-0.1, -0.05) is 20.8 Å². The predicted molar refractivity (Wildman–Crippen MR) is 67.8 cm³/mol. The molecule has 0 amide bonds. The van der Waals surface area contributed by atoms with Gasteiger partial charge in [0.15, 0.2) is 0 Å². The molecule has 0 unspecified atom stereocenters. The van der Waals surface area contributed by atoms with Crippen LogP contribution in [0.1, 0.15) is 31.5 Å². The van der Waals surface area contributed by atoms with E-state index in [2.05, 4.69) is 38.2 Å². The van der Waals surface area contributed by atoms with Crippen molar-refractivity contribution in [3.63, 3.8) is 0 Å². The van der Waals surface area contributed by atoms with Gasteiger partial charge < -0.3 is 0 Å². The van der Waals surface area contributed by atoms with Crippen LogP contribution in [0.15, 0.2) is 11.6 Å². The van der Waals surface area contributed by atoms with Gasteiger partial charge >= 0.3 is 0 Å². The zero-order valence-corrected chi connectivity index (χ0v) is 11.2. The topological polar surface area (TPSA) is 30.7 Å². The lowest BCUT2D eigenvalue weighted by molar-refractivity contribution is 0.586. The van der Waals surface area contributed by atoms with E-state index in [4.69, 9.17) is 4.98 Å². The van der Waals surface area contributed by atoms with Gasteiger partial charge in [-0.15, -0.1) is 11.3 Å². The summed E-state index contributed by atoms with van der Waals surface area (Å²) in [4.78, 5) is 4.69. The second kappa shape index (κ2) is 3.70. The van der Waals surface area contributed by atoms with Gasteiger partial charge in [0.2, 0.25) is 0 Å². The summed E-state index contributed by atoms with van der Waals surface area (Å²) in [5.74, 6) is 0. The van der Waals surface area contributed by atoms with E-state index < -0.39 is 0 Å². The number of nitrogens with zero attached hydrogens (tertiary/aromatic N) is 3. The minimum atomic E-state index is 0.124. The highest BCUT2D eigenvalue weighted by molar-refractivity contribution is 7.10. The lowest BCUT2D eigenvalue weighted by atomic mass is 9.98. The Balaban J connectivity index is 2.43. The van der Waals surface area contributed by atoms with Gasteiger partial charge in [-0.2, -0.15) is 5.10 Å². The normalized spacial score (nSPS) is 12.1. The van der Waals surface area contributed by atoms with Crippen molar-refractivity contribution >= 4 is 11.3 Å². The van der Waals surface area contributed by atoms with Gasteiger partial charge in [-0.3, -0.25) is 4.68 Å². The Morgan fingerprint density at radius 1 is 1.31 bits per heavy atom. The standard InChI is InChI=1S/C12H17N3S/c1-8-9(6-13-15(8)5)10-7-16-11(14-10)12(2,3)4/h6-7H,1-5H3. The molecule has 16 heavy (non-hydrogen) atoms. The first-order chi connectivity index (χ1) is 7.39. The molecule has 0 N–H and O–H groups in total. The summed E-state index contributed by atoms with van der Waals surface area (Å²) in [6, 6.07) is 0. The fraction of sp³-hybridized carbons (Fsp3) is 0.500. The summed E-state index contributed by atoms with van der Waals surface area (Å²) in [6.07, 6.45) is 1.89. The number of hydrogen-bond donors (Lipinski definition) is 0. The van der Waals surface area contributed by atoms with Crippen LogP contribution >= 0.6 is 11.3 Å². The van der Waals surface area contributed by atoms with Crippen molar-refractivity contribution in [1.29, 1.82) is 0 Å². The molecular formula is C12H17N3S. The largest absolute Gasteiger partial charge is 0.272 e. The lowest BCUT2D eigenvalue weighted by Crippen LogP contribution is -2.10. The molecule has 2 aromatic heterocycles. The number of hydrogen-bond acceptors (Lipinski definition) is 3. The molecule has 4 heteroatoms. The van der Waals surface area contributed by atoms with Crippen LogP contribution in [0.2, 0.25) is 0 Å². The summed E-state index contributed by atoms with van der Waals surface area (Å²) in [5, 5.41) is 7.53. The van der Waals surface area contributed by atoms with Gasteiger partial charge in [0, 0.05) is 29.1 Å². The van der Waals surface area contributed by atoms with Crippen molar-refractivity contribution in [2.24, 2.45) is 7.05 Å². The molecule has 0 fully saturated rings. The minimum Gasteiger partial charge on any atom is -0.272 e. The first-order valence-corrected chi connectivity index (χ1v) is 6.22. The molecular weight excluding hydrogens is 218 g/mol. The number of aryl methyl sites for hydroxylation is 1. The average molecular weight is 235 g/mol. The van der Waals surface area contributed by atoms with Gasteiger partial charge in [0.1, 0.15) is 0 Å². The molecule has 0 bridgehead atoms. The highest BCUT2D eigenvalue weighted by Crippen LogP contribution is 2.30. The van der Waals surface area contributed by atoms with E-state index in [0.29, 0.717) is 0 Å². The van der Waals surface area contributed by atoms with Crippen molar-refractivity contribution < 1.29 is 0 Å². The second-order valence-electron chi connectivity index (χ2n) is 5.06. The first-order valence-electron chi connectivity index (χ1n) is 5.34. The number of aromatic nitrogens is 3. The van der Waals surface area contributed by atoms with Crippen molar-refractivity contribution in [1.82, 2.24) is 14.8 Å². The summed E-state index contributed by atoms with van der Waals surface area (Å²) < 4.78 is 1.88. The molecule has 2 rings (SSSR count). The van der Waals surface area contributed by atoms with Crippen LogP contribution in [-0.2, 0) is 12.5 Å². The van der Waals surface area contributed by atoms with E-state index in [1.165, 1.54) is 5.01 Å². The summed E-state index contributed by atoms with van der Waals surface area (Å²) in [6.45, 7) is 8.63. The van der Waals surface area contributed by atoms with Crippen LogP contribution in [0, 0.1) is 6.92 Å². The zero-order valence-electron chi connectivity index (χ0n) is 10.4. The molecule has 0 atom stereocenters. The highest BCUT2D eigenvalue weighted by Gasteiger charge is 2.19. The van der Waals surface area contributed by atoms with Crippen LogP contribution in [0.5, 0.6) is 0 Å². The fourth-order valence-electron chi connectivity index (χ4n) is 1.49. The van der Waals surface area contributed by atoms with E-state index in [-0.39, 0.29) is 5.41 Å². The Kier molecular flexibility index (Phi) is 2.62. The molecule has 0 aliphatic heterocycles. The van der Waals surface area contributed by atoms with Crippen molar-refractivity contribution in [3.8, 4) is 11.3 Å². The Hall–Kier alpha value is -1.16. The van der Waals surface area contributed by atoms with Crippen LogP contribution in [-0.4, -0.2) is 14.8 Å². The molecule has 0 saturated heterocycles. The number of rotatable bonds is 1. The van der Waals surface area contributed by atoms with Gasteiger partial charge in [-0.25, -0.2) is 4.98 Å². The fourth-order valence-corrected chi connectivity index (χ4v) is 2.40. The number of thiazole rings is 1. The molecule has 86 valence electrons. The average Bonchev–Trinajstić information content (AvgIpc) is 2.74. The smallest absolute Gasteiger partial charge is 0.0986 e. The second-order valence-corrected chi connectivity index (χ2v) is 5.91. The van der Waals surface area contributed by atoms with Crippen molar-refractivity contribution in [3.05, 3.63) is 22.3 Å². The van der Waals surface area contributed by atoms with E-state index in [1.807, 2.05) is 17.9 Å². The maximum absolute atomic E-state index is 4.69. The summed E-state index contributed by atoms with van der Waals surface area (Å²) >= 11 is 1.72. The Morgan fingerprint density at radius 2 is 2.00 bits per heavy atom. The maximum Gasteiger partial charge on any atom is 0.0986 e. The van der Waals surface area contributed by atoms with Crippen LogP contribution < -0.4 is 0 Å². The molecule has 0 spiro atoms. The third-order valence-corrected chi connectivity index (χ3v) is 3.93. The SMILES string of the molecule is Cc1c(-c2csc(C(C)(C)C)n2)cnn1C. The van der Waals surface area contributed by atoms with Gasteiger partial charge in [0.25, 0.3) is 0 Å². The third-order valence-electron chi connectivity index (χ3n) is 2.66. The monoisotopic (exact) mass is 235 g/mol. The Bertz CT molecular complexity index is 503. The van der Waals surface area contributed by atoms with Crippen LogP contribution in [0.4, 0.5) is 0 Å². The third kappa shape index (κ3) is 1.89. The maximum atomic E-state index is 4.69. The van der Waals surface area contributed by atoms with E-state index in [1.54, 1.807) is 11.3 Å². The zero-order chi connectivity index (χ0) is 11.9. The molecule has 0 aliphatic carbocycles. The van der Waals surface area contributed by atoms with Crippen molar-refractivity contribution in [2.75, 3.05) is 0 Å². The Morgan fingerprint density at radius 3 is 2.44 bits per heavy atom. The summed E-state index contributed by atoms with van der Waals surface area (Å²) in [5.41, 5.74) is 3.46. The van der Waals surface area contributed by atoms with Crippen LogP contribution in [0.3, 0.4) is 0 Å². The quantitative estimate of drug-likeness (QED) is 0.760. The highest BCUT2D eigenvalue weighted by atomic mass is 32.1. The van der Waals surface area contributed by atoms with Crippen LogP contribution in [0.25, 0.3) is 11.3 Å². The molecule has 2 aromatic rings. The molecule has 0 saturated carbocycles. The molecule has 0 aliphatic rings. The van der Waals surface area contributed by atoms with Gasteiger partial charge in [0.05, 0.1) is 16.9 Å². The van der Waals surface area contributed by atoms with Gasteiger partial charge in [-0.05, 0) is 6.92 Å². The van der Waals surface area contributed by atoms with Crippen molar-refractivity contribution in [2.45, 2.75) is 33.1 Å². The molecule has 2 heterocycles. The first kappa shape index (κ1) is 11.3. The van der Waals surface area contributed by atoms with E-state index >= 15 is 0 Å². The molecule has 3 nitrogen and oxygen atoms in total. The predicted octanol–water partition coefficient (Wildman–Crippen LogP) is 3.15. The molecule has 0 aromatic carbocycles. The summed E-state index contributed by atoms with van der Waals surface area (Å²) in [7, 11) is 1.95.